The molecule has 1 amide bonds. The number of amides is 1. The molecular formula is C10H12N6O3. The Balaban J connectivity index is 1.99. The van der Waals surface area contributed by atoms with Crippen LogP contribution in [0, 0.1) is 10.1 Å². The van der Waals surface area contributed by atoms with Crippen LogP contribution < -0.4 is 21.6 Å². The first kappa shape index (κ1) is 12.9. The quantitative estimate of drug-likeness (QED) is 0.315. The molecule has 1 fully saturated rings. The van der Waals surface area contributed by atoms with Gasteiger partial charge in [0, 0.05) is 6.07 Å². The minimum Gasteiger partial charge on any atom is -0.320 e. The Morgan fingerprint density at radius 2 is 2.26 bits per heavy atom. The van der Waals surface area contributed by atoms with Crippen molar-refractivity contribution in [2.75, 3.05) is 6.54 Å². The summed E-state index contributed by atoms with van der Waals surface area (Å²) in [5.74, 6) is -0.183. The molecule has 1 aliphatic rings. The molecule has 0 aliphatic carbocycles. The number of nitro groups is 1. The molecule has 1 aromatic carbocycles. The lowest BCUT2D eigenvalue weighted by atomic mass is 10.2. The molecule has 1 unspecified atom stereocenters. The van der Waals surface area contributed by atoms with E-state index in [1.54, 1.807) is 18.2 Å². The smallest absolute Gasteiger partial charge is 0.278 e. The van der Waals surface area contributed by atoms with E-state index in [9.17, 15) is 14.9 Å². The maximum Gasteiger partial charge on any atom is 0.278 e. The van der Waals surface area contributed by atoms with Crippen LogP contribution >= 0.6 is 0 Å². The summed E-state index contributed by atoms with van der Waals surface area (Å²) in [6.45, 7) is 0.173. The van der Waals surface area contributed by atoms with Gasteiger partial charge in [0.05, 0.1) is 23.2 Å². The SMILES string of the molecule is O=C1CNNC(N/N=C/c2ccccc2[N+](=O)[O-])N1. The number of hydrazone groups is 1. The molecule has 0 bridgehead atoms. The summed E-state index contributed by atoms with van der Waals surface area (Å²) in [5, 5.41) is 17.2. The van der Waals surface area contributed by atoms with Crippen LogP contribution in [0.3, 0.4) is 0 Å². The van der Waals surface area contributed by atoms with Crippen molar-refractivity contribution < 1.29 is 9.72 Å². The Labute approximate surface area is 108 Å². The number of nitrogens with one attached hydrogen (secondary N) is 4. The highest BCUT2D eigenvalue weighted by molar-refractivity contribution is 5.85. The van der Waals surface area contributed by atoms with Crippen LogP contribution in [0.4, 0.5) is 5.69 Å². The van der Waals surface area contributed by atoms with Crippen molar-refractivity contribution >= 4 is 17.8 Å². The van der Waals surface area contributed by atoms with Crippen LogP contribution in [0.25, 0.3) is 0 Å². The van der Waals surface area contributed by atoms with Crippen molar-refractivity contribution in [3.63, 3.8) is 0 Å². The first-order valence-corrected chi connectivity index (χ1v) is 5.46. The van der Waals surface area contributed by atoms with Crippen molar-refractivity contribution in [1.82, 2.24) is 21.6 Å². The predicted molar refractivity (Wildman–Crippen MR) is 66.9 cm³/mol. The van der Waals surface area contributed by atoms with E-state index in [2.05, 4.69) is 26.7 Å². The molecule has 0 radical (unpaired) electrons. The molecule has 1 atom stereocenters. The van der Waals surface area contributed by atoms with Crippen LogP contribution in [0.5, 0.6) is 0 Å². The molecule has 0 aromatic heterocycles. The fourth-order valence-electron chi connectivity index (χ4n) is 1.49. The molecule has 1 aliphatic heterocycles. The fraction of sp³-hybridized carbons (Fsp3) is 0.200. The zero-order valence-corrected chi connectivity index (χ0v) is 9.79. The summed E-state index contributed by atoms with van der Waals surface area (Å²) in [5.41, 5.74) is 8.33. The number of hydrazine groups is 1. The van der Waals surface area contributed by atoms with E-state index in [-0.39, 0.29) is 18.1 Å². The summed E-state index contributed by atoms with van der Waals surface area (Å²) >= 11 is 0. The van der Waals surface area contributed by atoms with Crippen molar-refractivity contribution in [3.8, 4) is 0 Å². The Kier molecular flexibility index (Phi) is 4.00. The maximum atomic E-state index is 11.1. The second-order valence-electron chi connectivity index (χ2n) is 3.70. The van der Waals surface area contributed by atoms with Crippen molar-refractivity contribution in [2.24, 2.45) is 5.10 Å². The van der Waals surface area contributed by atoms with Crippen LogP contribution in [0.15, 0.2) is 29.4 Å². The standard InChI is InChI=1S/C10H12N6O3/c17-9-6-12-15-10(13-9)14-11-5-7-3-1-2-4-8(7)16(18)19/h1-5,10,12,14-15H,6H2,(H,13,17)/b11-5+. The topological polar surface area (TPSA) is 121 Å². The zero-order chi connectivity index (χ0) is 13.7. The van der Waals surface area contributed by atoms with E-state index in [1.807, 2.05) is 0 Å². The maximum absolute atomic E-state index is 11.1. The minimum atomic E-state index is -0.569. The molecule has 1 aromatic rings. The average Bonchev–Trinajstić information content (AvgIpc) is 2.39. The Morgan fingerprint density at radius 1 is 1.47 bits per heavy atom. The molecule has 1 heterocycles. The molecule has 0 spiro atoms. The number of benzene rings is 1. The summed E-state index contributed by atoms with van der Waals surface area (Å²) < 4.78 is 0. The predicted octanol–water partition coefficient (Wildman–Crippen LogP) is -0.974. The average molecular weight is 264 g/mol. The van der Waals surface area contributed by atoms with E-state index >= 15 is 0 Å². The van der Waals surface area contributed by atoms with E-state index in [0.717, 1.165) is 0 Å². The number of rotatable bonds is 4. The van der Waals surface area contributed by atoms with E-state index in [1.165, 1.54) is 12.3 Å². The van der Waals surface area contributed by atoms with Gasteiger partial charge in [-0.05, 0) is 6.07 Å². The molecule has 1 saturated heterocycles. The van der Waals surface area contributed by atoms with Crippen LogP contribution in [0.1, 0.15) is 5.56 Å². The summed E-state index contributed by atoms with van der Waals surface area (Å²) in [7, 11) is 0. The lowest BCUT2D eigenvalue weighted by Gasteiger charge is -2.24. The lowest BCUT2D eigenvalue weighted by molar-refractivity contribution is -0.385. The van der Waals surface area contributed by atoms with Crippen LogP contribution in [-0.2, 0) is 4.79 Å². The molecular weight excluding hydrogens is 252 g/mol. The van der Waals surface area contributed by atoms with Gasteiger partial charge < -0.3 is 5.32 Å². The number of nitrogens with zero attached hydrogens (tertiary/aromatic N) is 2. The van der Waals surface area contributed by atoms with Crippen LogP contribution in [-0.4, -0.2) is 29.9 Å². The molecule has 4 N–H and O–H groups in total. The van der Waals surface area contributed by atoms with Crippen LogP contribution in [0.2, 0.25) is 0 Å². The number of para-hydroxylation sites is 1. The van der Waals surface area contributed by atoms with Crippen molar-refractivity contribution in [1.29, 1.82) is 0 Å². The number of carbonyl (C=O) groups is 1. The lowest BCUT2D eigenvalue weighted by Crippen LogP contribution is -2.64. The van der Waals surface area contributed by atoms with E-state index in [0.29, 0.717) is 5.56 Å². The molecule has 0 saturated carbocycles. The van der Waals surface area contributed by atoms with Crippen molar-refractivity contribution in [2.45, 2.75) is 6.29 Å². The van der Waals surface area contributed by atoms with Gasteiger partial charge in [-0.15, -0.1) is 0 Å². The zero-order valence-electron chi connectivity index (χ0n) is 9.79. The highest BCUT2D eigenvalue weighted by Crippen LogP contribution is 2.14. The summed E-state index contributed by atoms with van der Waals surface area (Å²) in [6, 6.07) is 6.23. The first-order valence-electron chi connectivity index (χ1n) is 5.46. The summed E-state index contributed by atoms with van der Waals surface area (Å²) in [6.07, 6.45) is 0.751. The van der Waals surface area contributed by atoms with E-state index in [4.69, 9.17) is 0 Å². The van der Waals surface area contributed by atoms with Gasteiger partial charge >= 0.3 is 0 Å². The van der Waals surface area contributed by atoms with Gasteiger partial charge in [-0.3, -0.25) is 20.3 Å². The number of carbonyl (C=O) groups excluding carboxylic acids is 1. The monoisotopic (exact) mass is 264 g/mol. The number of nitro benzene ring substituents is 1. The van der Waals surface area contributed by atoms with Gasteiger partial charge in [-0.1, -0.05) is 12.1 Å². The molecule has 9 nitrogen and oxygen atoms in total. The molecule has 19 heavy (non-hydrogen) atoms. The Morgan fingerprint density at radius 3 is 3.00 bits per heavy atom. The van der Waals surface area contributed by atoms with Gasteiger partial charge in [-0.25, -0.2) is 10.9 Å². The Hall–Kier alpha value is -2.52. The minimum absolute atomic E-state index is 0.0354. The fourth-order valence-corrected chi connectivity index (χ4v) is 1.49. The summed E-state index contributed by atoms with van der Waals surface area (Å²) in [4.78, 5) is 21.3. The third-order valence-corrected chi connectivity index (χ3v) is 2.34. The third kappa shape index (κ3) is 3.47. The number of hydrogen-bond acceptors (Lipinski definition) is 7. The van der Waals surface area contributed by atoms with Gasteiger partial charge in [-0.2, -0.15) is 5.10 Å². The van der Waals surface area contributed by atoms with Gasteiger partial charge in [0.1, 0.15) is 0 Å². The normalized spacial score (nSPS) is 19.2. The second kappa shape index (κ2) is 5.89. The molecule has 9 heteroatoms. The van der Waals surface area contributed by atoms with Gasteiger partial charge in [0.15, 0.2) is 6.29 Å². The Bertz CT molecular complexity index is 518. The van der Waals surface area contributed by atoms with Gasteiger partial charge in [0.25, 0.3) is 5.69 Å². The second-order valence-corrected chi connectivity index (χ2v) is 3.70. The third-order valence-electron chi connectivity index (χ3n) is 2.34. The van der Waals surface area contributed by atoms with E-state index < -0.39 is 11.2 Å². The molecule has 100 valence electrons. The number of hydrogen-bond donors (Lipinski definition) is 4. The van der Waals surface area contributed by atoms with Gasteiger partial charge in [0.2, 0.25) is 5.91 Å². The highest BCUT2D eigenvalue weighted by Gasteiger charge is 2.15. The highest BCUT2D eigenvalue weighted by atomic mass is 16.6. The largest absolute Gasteiger partial charge is 0.320 e. The molecule has 2 rings (SSSR count). The van der Waals surface area contributed by atoms with Crippen molar-refractivity contribution in [3.05, 3.63) is 39.9 Å². The first-order chi connectivity index (χ1) is 9.16.